The van der Waals surface area contributed by atoms with Gasteiger partial charge in [-0.1, -0.05) is 91.2 Å². The van der Waals surface area contributed by atoms with Gasteiger partial charge in [0.25, 0.3) is 0 Å². The van der Waals surface area contributed by atoms with E-state index in [2.05, 4.69) is 88.2 Å². The molecule has 1 aliphatic rings. The Morgan fingerprint density at radius 1 is 0.636 bits per heavy atom. The SMILES string of the molecule is [Ir].[c-]1cc2c(cc1-c1cc(CC3CCCC3)ccn1)c1cccc3c4ccccc4n2c13.[c-]1ccccc1-c1ccccn1. The predicted octanol–water partition coefficient (Wildman–Crippen LogP) is 9.98. The smallest absolute Gasteiger partial charge is 0.0516 e. The van der Waals surface area contributed by atoms with Gasteiger partial charge in [0.15, 0.2) is 0 Å². The zero-order chi connectivity index (χ0) is 28.6. The van der Waals surface area contributed by atoms with E-state index in [0.717, 1.165) is 28.4 Å². The van der Waals surface area contributed by atoms with Gasteiger partial charge in [0.1, 0.15) is 0 Å². The van der Waals surface area contributed by atoms with Crippen molar-refractivity contribution < 1.29 is 20.1 Å². The van der Waals surface area contributed by atoms with Crippen molar-refractivity contribution in [1.29, 1.82) is 0 Å². The summed E-state index contributed by atoms with van der Waals surface area (Å²) in [5, 5.41) is 5.22. The molecule has 4 aromatic carbocycles. The van der Waals surface area contributed by atoms with Crippen LogP contribution >= 0.6 is 0 Å². The van der Waals surface area contributed by atoms with Gasteiger partial charge in [-0.15, -0.1) is 59.7 Å². The standard InChI is InChI=1S/C29H23N2.C11H8N.Ir/c1-2-7-19(6-1)16-20-14-15-30-26(17-20)21-12-13-28-25(18-21)24-10-5-9-23-22-8-3-4-11-27(22)31(28)29(23)24;1-2-6-10(7-3-1)11-8-4-5-9-12-11;/h3-5,8-11,13-15,17-19H,1-2,6-7,16H2;1-6,8-9H;/q2*-1;. The molecule has 0 spiro atoms. The molecule has 0 unspecified atom stereocenters. The maximum absolute atomic E-state index is 4.71. The monoisotopic (exact) mass is 746 g/mol. The number of fused-ring (bicyclic) bond motifs is 6. The molecular weight excluding hydrogens is 715 g/mol. The number of para-hydroxylation sites is 2. The summed E-state index contributed by atoms with van der Waals surface area (Å²) >= 11 is 0. The molecule has 1 saturated carbocycles. The van der Waals surface area contributed by atoms with Gasteiger partial charge in [0.05, 0.1) is 5.52 Å². The van der Waals surface area contributed by atoms with Crippen molar-refractivity contribution in [1.82, 2.24) is 14.4 Å². The summed E-state index contributed by atoms with van der Waals surface area (Å²) in [6, 6.07) is 44.6. The van der Waals surface area contributed by atoms with E-state index < -0.39 is 0 Å². The van der Waals surface area contributed by atoms with Crippen LogP contribution in [0.15, 0.2) is 122 Å². The molecule has 3 nitrogen and oxygen atoms in total. The topological polar surface area (TPSA) is 30.2 Å². The van der Waals surface area contributed by atoms with Crippen molar-refractivity contribution >= 4 is 38.1 Å². The summed E-state index contributed by atoms with van der Waals surface area (Å²) in [7, 11) is 0. The number of benzene rings is 4. The van der Waals surface area contributed by atoms with E-state index in [1.807, 2.05) is 48.7 Å². The molecule has 9 rings (SSSR count). The molecule has 0 N–H and O–H groups in total. The second-order valence-corrected chi connectivity index (χ2v) is 11.6. The molecule has 0 atom stereocenters. The van der Waals surface area contributed by atoms with Gasteiger partial charge < -0.3 is 14.4 Å². The van der Waals surface area contributed by atoms with Crippen LogP contribution in [0, 0.1) is 18.1 Å². The molecule has 8 aromatic rings. The predicted molar refractivity (Wildman–Crippen MR) is 177 cm³/mol. The maximum atomic E-state index is 4.71. The molecule has 217 valence electrons. The van der Waals surface area contributed by atoms with Crippen LogP contribution in [0.2, 0.25) is 0 Å². The van der Waals surface area contributed by atoms with Crippen molar-refractivity contribution in [3.8, 4) is 22.5 Å². The number of rotatable bonds is 4. The molecule has 0 aliphatic heterocycles. The second-order valence-electron chi connectivity index (χ2n) is 11.6. The third-order valence-corrected chi connectivity index (χ3v) is 8.90. The Bertz CT molecular complexity index is 2130. The number of hydrogen-bond donors (Lipinski definition) is 0. The van der Waals surface area contributed by atoms with Crippen LogP contribution in [0.25, 0.3) is 60.6 Å². The molecule has 0 amide bonds. The molecule has 4 heterocycles. The molecule has 4 heteroatoms. The fraction of sp³-hybridized carbons (Fsp3) is 0.150. The minimum atomic E-state index is 0. The molecule has 0 saturated heterocycles. The van der Waals surface area contributed by atoms with Crippen LogP contribution in [0.3, 0.4) is 0 Å². The van der Waals surface area contributed by atoms with Crippen LogP contribution in [0.4, 0.5) is 0 Å². The van der Waals surface area contributed by atoms with Gasteiger partial charge in [0.2, 0.25) is 0 Å². The van der Waals surface area contributed by atoms with Gasteiger partial charge in [-0.3, -0.25) is 0 Å². The summed E-state index contributed by atoms with van der Waals surface area (Å²) in [5.74, 6) is 0.844. The number of aromatic nitrogens is 3. The number of nitrogens with zero attached hydrogens (tertiary/aromatic N) is 3. The first-order valence-electron chi connectivity index (χ1n) is 15.3. The first kappa shape index (κ1) is 28.4. The van der Waals surface area contributed by atoms with E-state index in [1.165, 1.54) is 75.8 Å². The maximum Gasteiger partial charge on any atom is 0.0516 e. The first-order chi connectivity index (χ1) is 21.3. The quantitative estimate of drug-likeness (QED) is 0.168. The van der Waals surface area contributed by atoms with Gasteiger partial charge >= 0.3 is 0 Å². The van der Waals surface area contributed by atoms with Gasteiger partial charge in [-0.2, -0.15) is 0 Å². The van der Waals surface area contributed by atoms with Crippen molar-refractivity contribution in [2.24, 2.45) is 5.92 Å². The van der Waals surface area contributed by atoms with Gasteiger partial charge in [-0.25, -0.2) is 0 Å². The van der Waals surface area contributed by atoms with E-state index in [4.69, 9.17) is 4.98 Å². The Balaban J connectivity index is 0.000000203. The largest absolute Gasteiger partial charge is 0.350 e. The Morgan fingerprint density at radius 3 is 2.23 bits per heavy atom. The average Bonchev–Trinajstić information content (AvgIpc) is 3.80. The second kappa shape index (κ2) is 12.3. The molecule has 4 aromatic heterocycles. The van der Waals surface area contributed by atoms with E-state index in [1.54, 1.807) is 6.20 Å². The molecule has 1 aliphatic carbocycles. The average molecular weight is 746 g/mol. The Kier molecular flexibility index (Phi) is 7.95. The summed E-state index contributed by atoms with van der Waals surface area (Å²) in [6.45, 7) is 0. The third-order valence-electron chi connectivity index (χ3n) is 8.90. The molecule has 1 fully saturated rings. The van der Waals surface area contributed by atoms with Crippen molar-refractivity contribution in [3.05, 3.63) is 139 Å². The summed E-state index contributed by atoms with van der Waals surface area (Å²) in [5.41, 5.74) is 9.33. The van der Waals surface area contributed by atoms with Crippen LogP contribution in [-0.2, 0) is 26.5 Å². The fourth-order valence-electron chi connectivity index (χ4n) is 6.89. The van der Waals surface area contributed by atoms with Crippen molar-refractivity contribution in [2.75, 3.05) is 0 Å². The Hall–Kier alpha value is -4.37. The Morgan fingerprint density at radius 2 is 1.41 bits per heavy atom. The zero-order valence-corrected chi connectivity index (χ0v) is 26.7. The van der Waals surface area contributed by atoms with Crippen LogP contribution in [0.5, 0.6) is 0 Å². The van der Waals surface area contributed by atoms with Crippen molar-refractivity contribution in [2.45, 2.75) is 32.1 Å². The minimum Gasteiger partial charge on any atom is -0.350 e. The summed E-state index contributed by atoms with van der Waals surface area (Å²) < 4.78 is 2.40. The minimum absolute atomic E-state index is 0. The first-order valence-corrected chi connectivity index (χ1v) is 15.3. The summed E-state index contributed by atoms with van der Waals surface area (Å²) in [6.07, 6.45) is 10.5. The zero-order valence-electron chi connectivity index (χ0n) is 24.3. The molecular formula is C40H31IrN3-2. The number of hydrogen-bond acceptors (Lipinski definition) is 2. The van der Waals surface area contributed by atoms with E-state index in [9.17, 15) is 0 Å². The van der Waals surface area contributed by atoms with E-state index in [-0.39, 0.29) is 20.1 Å². The normalized spacial score (nSPS) is 13.4. The van der Waals surface area contributed by atoms with Gasteiger partial charge in [-0.05, 0) is 52.8 Å². The molecule has 44 heavy (non-hydrogen) atoms. The number of pyridine rings is 2. The fourth-order valence-corrected chi connectivity index (χ4v) is 6.89. The summed E-state index contributed by atoms with van der Waals surface area (Å²) in [4.78, 5) is 8.93. The van der Waals surface area contributed by atoms with Crippen LogP contribution in [-0.4, -0.2) is 14.4 Å². The van der Waals surface area contributed by atoms with Gasteiger partial charge in [0, 0.05) is 48.8 Å². The Labute approximate surface area is 271 Å². The van der Waals surface area contributed by atoms with Crippen LogP contribution in [0.1, 0.15) is 31.2 Å². The molecule has 1 radical (unpaired) electrons. The van der Waals surface area contributed by atoms with E-state index in [0.29, 0.717) is 0 Å². The molecule has 0 bridgehead atoms. The van der Waals surface area contributed by atoms with Crippen LogP contribution < -0.4 is 0 Å². The van der Waals surface area contributed by atoms with E-state index >= 15 is 0 Å². The van der Waals surface area contributed by atoms with Crippen molar-refractivity contribution in [3.63, 3.8) is 0 Å². The third kappa shape index (κ3) is 5.19.